The molecule has 3 rings (SSSR count). The Morgan fingerprint density at radius 1 is 1.38 bits per heavy atom. The number of aromatic nitrogens is 1. The number of carbonyl (C=O) groups excluding carboxylic acids is 1. The van der Waals surface area contributed by atoms with Gasteiger partial charge >= 0.3 is 0 Å². The molecule has 0 radical (unpaired) electrons. The van der Waals surface area contributed by atoms with E-state index in [-0.39, 0.29) is 11.9 Å². The number of benzene rings is 1. The van der Waals surface area contributed by atoms with E-state index in [1.165, 1.54) is 0 Å². The topological polar surface area (TPSA) is 71.2 Å². The smallest absolute Gasteiger partial charge is 0.270 e. The Kier molecular flexibility index (Phi) is 5.23. The highest BCUT2D eigenvalue weighted by Crippen LogP contribution is 2.23. The molecule has 1 aromatic heterocycles. The van der Waals surface area contributed by atoms with Gasteiger partial charge in [-0.25, -0.2) is 0 Å². The summed E-state index contributed by atoms with van der Waals surface area (Å²) in [5, 5.41) is 3.14. The van der Waals surface area contributed by atoms with Crippen LogP contribution in [0, 0.1) is 0 Å². The van der Waals surface area contributed by atoms with E-state index < -0.39 is 0 Å². The van der Waals surface area contributed by atoms with Crippen molar-refractivity contribution in [3.8, 4) is 11.1 Å². The minimum atomic E-state index is -0.107. The molecule has 2 aromatic rings. The van der Waals surface area contributed by atoms with Crippen LogP contribution in [-0.2, 0) is 6.54 Å². The lowest BCUT2D eigenvalue weighted by atomic mass is 10.0. The van der Waals surface area contributed by atoms with Crippen LogP contribution in [0.1, 0.15) is 28.9 Å². The van der Waals surface area contributed by atoms with E-state index in [0.29, 0.717) is 12.2 Å². The van der Waals surface area contributed by atoms with E-state index in [4.69, 9.17) is 5.73 Å². The predicted molar refractivity (Wildman–Crippen MR) is 95.5 cm³/mol. The van der Waals surface area contributed by atoms with Crippen molar-refractivity contribution in [2.45, 2.75) is 25.4 Å². The molecular formula is C19H24N4O. The van der Waals surface area contributed by atoms with Gasteiger partial charge in [0.25, 0.3) is 5.91 Å². The summed E-state index contributed by atoms with van der Waals surface area (Å²) in [5.41, 5.74) is 9.05. The molecule has 126 valence electrons. The number of likely N-dealkylation sites (tertiary alicyclic amines) is 1. The molecule has 0 unspecified atom stereocenters. The second kappa shape index (κ2) is 7.55. The minimum absolute atomic E-state index is 0.107. The Balaban J connectivity index is 1.84. The Labute approximate surface area is 142 Å². The molecule has 2 heterocycles. The quantitative estimate of drug-likeness (QED) is 0.903. The zero-order valence-corrected chi connectivity index (χ0v) is 14.0. The number of piperidine rings is 1. The van der Waals surface area contributed by atoms with Gasteiger partial charge in [0.15, 0.2) is 0 Å². The van der Waals surface area contributed by atoms with Crippen molar-refractivity contribution in [1.82, 2.24) is 15.2 Å². The predicted octanol–water partition coefficient (Wildman–Crippen LogP) is 2.03. The zero-order valence-electron chi connectivity index (χ0n) is 14.0. The summed E-state index contributed by atoms with van der Waals surface area (Å²) in [5.74, 6) is -0.107. The van der Waals surface area contributed by atoms with Crippen LogP contribution in [0.15, 0.2) is 42.6 Å². The zero-order chi connectivity index (χ0) is 16.9. The van der Waals surface area contributed by atoms with Crippen molar-refractivity contribution in [3.63, 3.8) is 0 Å². The molecule has 5 heteroatoms. The van der Waals surface area contributed by atoms with Gasteiger partial charge in [0, 0.05) is 30.9 Å². The SMILES string of the molecule is CN1CCC[C@H](NC(=O)c2ncccc2-c2cccc(CN)c2)C1. The standard InChI is InChI=1S/C19H24N4O/c1-23-10-4-7-16(13-23)22-19(24)18-17(8-3-9-21-18)15-6-2-5-14(11-15)12-20/h2-3,5-6,8-9,11,16H,4,7,10,12-13,20H2,1H3,(H,22,24)/t16-/m0/s1. The molecule has 1 aliphatic rings. The first-order chi connectivity index (χ1) is 11.7. The van der Waals surface area contributed by atoms with E-state index >= 15 is 0 Å². The number of nitrogens with zero attached hydrogens (tertiary/aromatic N) is 2. The fourth-order valence-corrected chi connectivity index (χ4v) is 3.22. The van der Waals surface area contributed by atoms with Crippen LogP contribution in [0.2, 0.25) is 0 Å². The molecule has 3 N–H and O–H groups in total. The summed E-state index contributed by atoms with van der Waals surface area (Å²) in [7, 11) is 2.09. The lowest BCUT2D eigenvalue weighted by Crippen LogP contribution is -2.46. The lowest BCUT2D eigenvalue weighted by molar-refractivity contribution is 0.0908. The van der Waals surface area contributed by atoms with Gasteiger partial charge < -0.3 is 16.0 Å². The minimum Gasteiger partial charge on any atom is -0.347 e. The fourth-order valence-electron chi connectivity index (χ4n) is 3.22. The Morgan fingerprint density at radius 2 is 2.25 bits per heavy atom. The molecule has 1 aromatic carbocycles. The largest absolute Gasteiger partial charge is 0.347 e. The summed E-state index contributed by atoms with van der Waals surface area (Å²) in [6.07, 6.45) is 3.79. The maximum atomic E-state index is 12.8. The second-order valence-corrected chi connectivity index (χ2v) is 6.38. The van der Waals surface area contributed by atoms with Gasteiger partial charge in [0.2, 0.25) is 0 Å². The van der Waals surface area contributed by atoms with Crippen molar-refractivity contribution in [3.05, 3.63) is 53.9 Å². The van der Waals surface area contributed by atoms with E-state index in [1.807, 2.05) is 36.4 Å². The highest BCUT2D eigenvalue weighted by molar-refractivity contribution is 5.99. The Bertz CT molecular complexity index is 716. The third-order valence-corrected chi connectivity index (χ3v) is 4.46. The number of amides is 1. The van der Waals surface area contributed by atoms with Crippen molar-refractivity contribution in [2.75, 3.05) is 20.1 Å². The number of carbonyl (C=O) groups is 1. The first-order valence-electron chi connectivity index (χ1n) is 8.41. The van der Waals surface area contributed by atoms with Crippen LogP contribution in [-0.4, -0.2) is 42.0 Å². The summed E-state index contributed by atoms with van der Waals surface area (Å²) >= 11 is 0. The highest BCUT2D eigenvalue weighted by Gasteiger charge is 2.21. The number of rotatable bonds is 4. The van der Waals surface area contributed by atoms with E-state index in [0.717, 1.165) is 42.6 Å². The Morgan fingerprint density at radius 3 is 3.04 bits per heavy atom. The summed E-state index contributed by atoms with van der Waals surface area (Å²) in [6, 6.07) is 11.9. The van der Waals surface area contributed by atoms with Gasteiger partial charge in [0.05, 0.1) is 0 Å². The third kappa shape index (κ3) is 3.80. The average Bonchev–Trinajstić information content (AvgIpc) is 2.62. The van der Waals surface area contributed by atoms with E-state index in [2.05, 4.69) is 22.2 Å². The number of nitrogens with two attached hydrogens (primary N) is 1. The van der Waals surface area contributed by atoms with Gasteiger partial charge in [-0.1, -0.05) is 24.3 Å². The van der Waals surface area contributed by atoms with Crippen LogP contribution >= 0.6 is 0 Å². The number of hydrogen-bond acceptors (Lipinski definition) is 4. The third-order valence-electron chi connectivity index (χ3n) is 4.46. The summed E-state index contributed by atoms with van der Waals surface area (Å²) in [6.45, 7) is 2.45. The fraction of sp³-hybridized carbons (Fsp3) is 0.368. The van der Waals surface area contributed by atoms with Crippen LogP contribution in [0.4, 0.5) is 0 Å². The van der Waals surface area contributed by atoms with Crippen molar-refractivity contribution in [1.29, 1.82) is 0 Å². The number of pyridine rings is 1. The number of likely N-dealkylation sites (N-methyl/N-ethyl adjacent to an activating group) is 1. The van der Waals surface area contributed by atoms with Crippen LogP contribution in [0.3, 0.4) is 0 Å². The molecule has 1 saturated heterocycles. The molecule has 1 amide bonds. The van der Waals surface area contributed by atoms with Gasteiger partial charge in [-0.2, -0.15) is 0 Å². The number of hydrogen-bond donors (Lipinski definition) is 2. The molecule has 0 spiro atoms. The maximum absolute atomic E-state index is 12.8. The molecule has 1 fully saturated rings. The Hall–Kier alpha value is -2.24. The molecular weight excluding hydrogens is 300 g/mol. The maximum Gasteiger partial charge on any atom is 0.270 e. The summed E-state index contributed by atoms with van der Waals surface area (Å²) < 4.78 is 0. The lowest BCUT2D eigenvalue weighted by Gasteiger charge is -2.30. The van der Waals surface area contributed by atoms with Gasteiger partial charge in [-0.3, -0.25) is 9.78 Å². The van der Waals surface area contributed by atoms with Crippen molar-refractivity contribution in [2.24, 2.45) is 5.73 Å². The van der Waals surface area contributed by atoms with Crippen LogP contribution in [0.25, 0.3) is 11.1 Å². The highest BCUT2D eigenvalue weighted by atomic mass is 16.2. The van der Waals surface area contributed by atoms with Crippen LogP contribution < -0.4 is 11.1 Å². The normalized spacial score (nSPS) is 18.3. The monoisotopic (exact) mass is 324 g/mol. The summed E-state index contributed by atoms with van der Waals surface area (Å²) in [4.78, 5) is 19.3. The van der Waals surface area contributed by atoms with Crippen LogP contribution in [0.5, 0.6) is 0 Å². The van der Waals surface area contributed by atoms with Gasteiger partial charge in [-0.15, -0.1) is 0 Å². The molecule has 24 heavy (non-hydrogen) atoms. The average molecular weight is 324 g/mol. The van der Waals surface area contributed by atoms with E-state index in [1.54, 1.807) is 6.20 Å². The first kappa shape index (κ1) is 16.6. The van der Waals surface area contributed by atoms with Crippen molar-refractivity contribution < 1.29 is 4.79 Å². The van der Waals surface area contributed by atoms with Crippen molar-refractivity contribution >= 4 is 5.91 Å². The molecule has 0 saturated carbocycles. The number of nitrogens with one attached hydrogen (secondary N) is 1. The molecule has 5 nitrogen and oxygen atoms in total. The van der Waals surface area contributed by atoms with E-state index in [9.17, 15) is 4.79 Å². The second-order valence-electron chi connectivity index (χ2n) is 6.38. The molecule has 0 aliphatic carbocycles. The van der Waals surface area contributed by atoms with Gasteiger partial charge in [0.1, 0.15) is 5.69 Å². The van der Waals surface area contributed by atoms with Gasteiger partial charge in [-0.05, 0) is 49.7 Å². The molecule has 1 atom stereocenters. The molecule has 0 bridgehead atoms. The molecule has 1 aliphatic heterocycles. The first-order valence-corrected chi connectivity index (χ1v) is 8.41.